The predicted molar refractivity (Wildman–Crippen MR) is 135 cm³/mol. The minimum absolute atomic E-state index is 0.202. The van der Waals surface area contributed by atoms with Crippen LogP contribution in [0.5, 0.6) is 11.5 Å². The summed E-state index contributed by atoms with van der Waals surface area (Å²) in [5.41, 5.74) is 15.4. The number of nitrogens with two attached hydrogens (primary N) is 4. The molecule has 0 radical (unpaired) electrons. The first-order chi connectivity index (χ1) is 16.3. The van der Waals surface area contributed by atoms with Crippen LogP contribution in [-0.2, 0) is 0 Å². The van der Waals surface area contributed by atoms with Gasteiger partial charge in [-0.25, -0.2) is 16.7 Å². The van der Waals surface area contributed by atoms with E-state index < -0.39 is 0 Å². The molecule has 1 saturated carbocycles. The lowest BCUT2D eigenvalue weighted by Gasteiger charge is -2.25. The van der Waals surface area contributed by atoms with Gasteiger partial charge in [0.25, 0.3) is 0 Å². The molecule has 1 aliphatic rings. The average Bonchev–Trinajstić information content (AvgIpc) is 2.83. The summed E-state index contributed by atoms with van der Waals surface area (Å²) < 4.78 is 11.8. The molecule has 9 heteroatoms. The zero-order valence-electron chi connectivity index (χ0n) is 20.1. The molecular formula is C25H37N7O2. The fraction of sp³-hybridized carbons (Fsp3) is 0.400. The molecule has 0 bridgehead atoms. The molecule has 9 nitrogen and oxygen atoms in total. The summed E-state index contributed by atoms with van der Waals surface area (Å²) >= 11 is 0. The van der Waals surface area contributed by atoms with E-state index in [1.165, 1.54) is 29.3 Å². The zero-order chi connectivity index (χ0) is 24.5. The highest BCUT2D eigenvalue weighted by Crippen LogP contribution is 2.26. The van der Waals surface area contributed by atoms with Crippen LogP contribution in [0.2, 0.25) is 0 Å². The second kappa shape index (κ2) is 12.2. The summed E-state index contributed by atoms with van der Waals surface area (Å²) in [5.74, 6) is 13.8. The number of hydrogen-bond acceptors (Lipinski definition) is 9. The number of nitrogens with zero attached hydrogens (tertiary/aromatic N) is 3. The van der Waals surface area contributed by atoms with Crippen molar-refractivity contribution in [2.24, 2.45) is 23.2 Å². The lowest BCUT2D eigenvalue weighted by molar-refractivity contribution is 0.153. The maximum absolute atomic E-state index is 6.45. The first kappa shape index (κ1) is 25.2. The Labute approximate surface area is 201 Å². The van der Waals surface area contributed by atoms with Crippen LogP contribution in [0.1, 0.15) is 43.5 Å². The van der Waals surface area contributed by atoms with Gasteiger partial charge in [-0.3, -0.25) is 0 Å². The monoisotopic (exact) mass is 467 g/mol. The van der Waals surface area contributed by atoms with Crippen LogP contribution in [0.15, 0.2) is 60.1 Å². The molecule has 0 saturated heterocycles. The Hall–Kier alpha value is -3.43. The number of aryl methyl sites for hydroxylation is 1. The van der Waals surface area contributed by atoms with Gasteiger partial charge >= 0.3 is 0 Å². The second-order valence-corrected chi connectivity index (χ2v) is 8.61. The minimum atomic E-state index is 0.202. The van der Waals surface area contributed by atoms with Crippen LogP contribution < -0.4 is 32.6 Å². The number of rotatable bonds is 10. The Morgan fingerprint density at radius 3 is 2.41 bits per heavy atom. The van der Waals surface area contributed by atoms with Crippen molar-refractivity contribution in [3.8, 4) is 11.5 Å². The van der Waals surface area contributed by atoms with E-state index in [-0.39, 0.29) is 19.3 Å². The molecule has 0 atom stereocenters. The molecule has 3 rings (SSSR count). The van der Waals surface area contributed by atoms with E-state index in [1.807, 2.05) is 49.4 Å². The smallest absolute Gasteiger partial charge is 0.140 e. The van der Waals surface area contributed by atoms with Crippen molar-refractivity contribution < 1.29 is 9.47 Å². The Balaban J connectivity index is 1.67. The highest BCUT2D eigenvalue weighted by molar-refractivity contribution is 5.63. The molecule has 2 aromatic rings. The number of hydrazine groups is 2. The second-order valence-electron chi connectivity index (χ2n) is 8.61. The molecule has 1 heterocycles. The Kier molecular flexibility index (Phi) is 9.00. The van der Waals surface area contributed by atoms with E-state index in [4.69, 9.17) is 32.6 Å². The fourth-order valence-electron chi connectivity index (χ4n) is 3.87. The van der Waals surface area contributed by atoms with Gasteiger partial charge in [0.1, 0.15) is 18.1 Å². The van der Waals surface area contributed by atoms with Crippen LogP contribution in [0, 0.1) is 6.92 Å². The van der Waals surface area contributed by atoms with Crippen LogP contribution in [0.3, 0.4) is 0 Å². The number of hydrogen-bond donors (Lipinski definition) is 4. The summed E-state index contributed by atoms with van der Waals surface area (Å²) in [6, 6.07) is 13.2. The van der Waals surface area contributed by atoms with Crippen molar-refractivity contribution in [3.63, 3.8) is 0 Å². The van der Waals surface area contributed by atoms with E-state index in [2.05, 4.69) is 4.98 Å². The van der Waals surface area contributed by atoms with Crippen molar-refractivity contribution in [1.29, 1.82) is 0 Å². The van der Waals surface area contributed by atoms with Crippen LogP contribution >= 0.6 is 0 Å². The molecule has 0 spiro atoms. The quantitative estimate of drug-likeness (QED) is 0.306. The van der Waals surface area contributed by atoms with Gasteiger partial charge in [0, 0.05) is 13.2 Å². The minimum Gasteiger partial charge on any atom is -0.489 e. The van der Waals surface area contributed by atoms with Crippen molar-refractivity contribution in [3.05, 3.63) is 71.4 Å². The number of benzene rings is 1. The summed E-state index contributed by atoms with van der Waals surface area (Å²) in [4.78, 5) is 4.66. The van der Waals surface area contributed by atoms with Crippen molar-refractivity contribution in [1.82, 2.24) is 15.0 Å². The first-order valence-corrected chi connectivity index (χ1v) is 11.6. The Morgan fingerprint density at radius 2 is 1.76 bits per heavy atom. The van der Waals surface area contributed by atoms with E-state index in [0.29, 0.717) is 22.8 Å². The molecule has 1 aromatic carbocycles. The number of likely N-dealkylation sites (N-methyl/N-ethyl adjacent to an activating group) is 1. The maximum Gasteiger partial charge on any atom is 0.140 e. The summed E-state index contributed by atoms with van der Waals surface area (Å²) in [6.07, 6.45) is 7.74. The third-order valence-electron chi connectivity index (χ3n) is 5.71. The molecule has 1 fully saturated rings. The molecule has 0 unspecified atom stereocenters. The van der Waals surface area contributed by atoms with Gasteiger partial charge in [0.2, 0.25) is 0 Å². The van der Waals surface area contributed by atoms with Crippen molar-refractivity contribution in [2.45, 2.75) is 45.1 Å². The molecule has 1 aromatic heterocycles. The van der Waals surface area contributed by atoms with E-state index in [9.17, 15) is 0 Å². The predicted octanol–water partition coefficient (Wildman–Crippen LogP) is 2.59. The third kappa shape index (κ3) is 7.29. The maximum atomic E-state index is 6.45. The zero-order valence-corrected chi connectivity index (χ0v) is 20.1. The van der Waals surface area contributed by atoms with Gasteiger partial charge in [0.05, 0.1) is 41.1 Å². The van der Waals surface area contributed by atoms with Crippen LogP contribution in [-0.4, -0.2) is 41.3 Å². The van der Waals surface area contributed by atoms with Crippen LogP contribution in [0.4, 0.5) is 0 Å². The number of ether oxygens (including phenoxy) is 2. The van der Waals surface area contributed by atoms with E-state index in [0.717, 1.165) is 30.0 Å². The number of aromatic nitrogens is 1. The largest absolute Gasteiger partial charge is 0.489 e. The number of pyridine rings is 1. The molecule has 8 N–H and O–H groups in total. The Morgan fingerprint density at radius 1 is 1.06 bits per heavy atom. The molecule has 184 valence electrons. The third-order valence-corrected chi connectivity index (χ3v) is 5.71. The summed E-state index contributed by atoms with van der Waals surface area (Å²) in [6.45, 7) is 2.35. The van der Waals surface area contributed by atoms with Gasteiger partial charge in [-0.2, -0.15) is 0 Å². The highest BCUT2D eigenvalue weighted by atomic mass is 16.5. The van der Waals surface area contributed by atoms with Gasteiger partial charge in [-0.1, -0.05) is 24.6 Å². The van der Waals surface area contributed by atoms with E-state index in [1.54, 1.807) is 13.2 Å². The average molecular weight is 468 g/mol. The normalized spacial score (nSPS) is 15.5. The molecule has 0 amide bonds. The van der Waals surface area contributed by atoms with Gasteiger partial charge in [-0.05, 0) is 56.9 Å². The summed E-state index contributed by atoms with van der Waals surface area (Å²) in [5, 5.41) is 2.85. The first-order valence-electron chi connectivity index (χ1n) is 11.6. The standard InChI is InChI=1S/C25H37N7O2/c1-18-24(34-21-11-7-4-8-12-21)14-13-22(30-18)25(27)23(31(2)28)16-32(29)15-19(26)17-33-20-9-5-3-6-10-20/h3,5-6,9-10,13-15,21H,4,7-8,11-12,16-17,26-29H2,1-2H3/b19-15-,25-23-. The molecule has 34 heavy (non-hydrogen) atoms. The van der Waals surface area contributed by atoms with Crippen molar-refractivity contribution in [2.75, 3.05) is 20.2 Å². The Bertz CT molecular complexity index is 986. The lowest BCUT2D eigenvalue weighted by atomic mass is 9.98. The number of para-hydroxylation sites is 1. The molecule has 1 aliphatic carbocycles. The van der Waals surface area contributed by atoms with E-state index >= 15 is 0 Å². The highest BCUT2D eigenvalue weighted by Gasteiger charge is 2.18. The lowest BCUT2D eigenvalue weighted by Crippen LogP contribution is -2.38. The molecule has 0 aliphatic heterocycles. The SMILES string of the molecule is Cc1nc(/C(N)=C(\CN(N)/C=C(\N)COc2ccccc2)N(C)N)ccc1OC1CCCCC1. The van der Waals surface area contributed by atoms with Crippen molar-refractivity contribution >= 4 is 5.70 Å². The van der Waals surface area contributed by atoms with Gasteiger partial charge in [0.15, 0.2) is 0 Å². The van der Waals surface area contributed by atoms with Gasteiger partial charge in [-0.15, -0.1) is 0 Å². The molecular weight excluding hydrogens is 430 g/mol. The van der Waals surface area contributed by atoms with Crippen LogP contribution in [0.25, 0.3) is 5.70 Å². The fourth-order valence-corrected chi connectivity index (χ4v) is 3.87. The topological polar surface area (TPSA) is 142 Å². The summed E-state index contributed by atoms with van der Waals surface area (Å²) in [7, 11) is 1.70. The van der Waals surface area contributed by atoms with Gasteiger partial charge < -0.3 is 31.0 Å².